The number of rotatable bonds is 5. The van der Waals surface area contributed by atoms with Crippen LogP contribution in [-0.2, 0) is 16.0 Å². The zero-order valence-corrected chi connectivity index (χ0v) is 10.9. The van der Waals surface area contributed by atoms with Crippen LogP contribution in [0.1, 0.15) is 24.1 Å². The van der Waals surface area contributed by atoms with Gasteiger partial charge in [-0.1, -0.05) is 12.0 Å². The summed E-state index contributed by atoms with van der Waals surface area (Å²) in [7, 11) is 0. The highest BCUT2D eigenvalue weighted by molar-refractivity contribution is 5.78. The molecular formula is C15H17NO3. The summed E-state index contributed by atoms with van der Waals surface area (Å²) in [5.41, 5.74) is 1.98. The number of ether oxygens (including phenoxy) is 2. The molecular weight excluding hydrogens is 242 g/mol. The van der Waals surface area contributed by atoms with Crippen molar-refractivity contribution in [2.75, 3.05) is 19.8 Å². The van der Waals surface area contributed by atoms with Crippen LogP contribution >= 0.6 is 0 Å². The number of terminal acetylenes is 1. The molecule has 4 heteroatoms. The molecule has 2 rings (SSSR count). The third kappa shape index (κ3) is 3.07. The zero-order chi connectivity index (χ0) is 13.7. The summed E-state index contributed by atoms with van der Waals surface area (Å²) in [5, 5.41) is 3.01. The second kappa shape index (κ2) is 6.26. The molecule has 0 saturated heterocycles. The van der Waals surface area contributed by atoms with Gasteiger partial charge in [-0.3, -0.25) is 5.32 Å². The standard InChI is InChI=1S/C15H17NO3/c1-3-8-16-14(15(17)18-4-2)12-5-6-13-11(10-12)7-9-19-13/h1,5-6,10,14,16H,4,7-9H2,2H3. The minimum atomic E-state index is -0.526. The fourth-order valence-electron chi connectivity index (χ4n) is 2.11. The average Bonchev–Trinajstić information content (AvgIpc) is 2.87. The van der Waals surface area contributed by atoms with Crippen LogP contribution < -0.4 is 10.1 Å². The third-order valence-corrected chi connectivity index (χ3v) is 2.98. The van der Waals surface area contributed by atoms with Crippen molar-refractivity contribution < 1.29 is 14.3 Å². The van der Waals surface area contributed by atoms with Gasteiger partial charge in [0.25, 0.3) is 0 Å². The van der Waals surface area contributed by atoms with Crippen LogP contribution in [0.15, 0.2) is 18.2 Å². The zero-order valence-electron chi connectivity index (χ0n) is 10.9. The minimum absolute atomic E-state index is 0.309. The van der Waals surface area contributed by atoms with Crippen LogP contribution in [0.5, 0.6) is 5.75 Å². The van der Waals surface area contributed by atoms with Crippen molar-refractivity contribution in [1.82, 2.24) is 5.32 Å². The van der Waals surface area contributed by atoms with Gasteiger partial charge in [0.15, 0.2) is 0 Å². The normalized spacial score (nSPS) is 14.1. The van der Waals surface area contributed by atoms with E-state index in [9.17, 15) is 4.79 Å². The molecule has 0 saturated carbocycles. The van der Waals surface area contributed by atoms with Crippen molar-refractivity contribution in [3.05, 3.63) is 29.3 Å². The molecule has 0 radical (unpaired) electrons. The summed E-state index contributed by atoms with van der Waals surface area (Å²) in [4.78, 5) is 12.0. The van der Waals surface area contributed by atoms with Crippen molar-refractivity contribution in [3.63, 3.8) is 0 Å². The highest BCUT2D eigenvalue weighted by atomic mass is 16.5. The molecule has 1 aromatic rings. The second-order valence-corrected chi connectivity index (χ2v) is 4.24. The van der Waals surface area contributed by atoms with Gasteiger partial charge in [0.1, 0.15) is 11.8 Å². The number of hydrogen-bond acceptors (Lipinski definition) is 4. The molecule has 1 N–H and O–H groups in total. The molecule has 1 atom stereocenters. The number of esters is 1. The van der Waals surface area contributed by atoms with E-state index in [0.717, 1.165) is 23.3 Å². The van der Waals surface area contributed by atoms with E-state index in [2.05, 4.69) is 11.2 Å². The van der Waals surface area contributed by atoms with Gasteiger partial charge in [-0.05, 0) is 30.2 Å². The number of fused-ring (bicyclic) bond motifs is 1. The summed E-state index contributed by atoms with van der Waals surface area (Å²) in [6.45, 7) is 3.14. The largest absolute Gasteiger partial charge is 0.493 e. The summed E-state index contributed by atoms with van der Waals surface area (Å²) in [6, 6.07) is 5.21. The Labute approximate surface area is 113 Å². The number of benzene rings is 1. The predicted octanol–water partition coefficient (Wildman–Crippen LogP) is 1.45. The van der Waals surface area contributed by atoms with Crippen LogP contribution in [0.25, 0.3) is 0 Å². The van der Waals surface area contributed by atoms with E-state index in [1.807, 2.05) is 18.2 Å². The van der Waals surface area contributed by atoms with Gasteiger partial charge in [-0.25, -0.2) is 4.79 Å². The van der Waals surface area contributed by atoms with Gasteiger partial charge >= 0.3 is 5.97 Å². The monoisotopic (exact) mass is 259 g/mol. The van der Waals surface area contributed by atoms with Crippen molar-refractivity contribution in [1.29, 1.82) is 0 Å². The summed E-state index contributed by atoms with van der Waals surface area (Å²) < 4.78 is 10.5. The van der Waals surface area contributed by atoms with Gasteiger partial charge < -0.3 is 9.47 Å². The van der Waals surface area contributed by atoms with Crippen LogP contribution in [-0.4, -0.2) is 25.7 Å². The highest BCUT2D eigenvalue weighted by Gasteiger charge is 2.23. The Bertz CT molecular complexity index is 505. The maximum Gasteiger partial charge on any atom is 0.327 e. The Morgan fingerprint density at radius 2 is 2.47 bits per heavy atom. The van der Waals surface area contributed by atoms with Gasteiger partial charge in [-0.15, -0.1) is 6.42 Å². The molecule has 0 amide bonds. The van der Waals surface area contributed by atoms with E-state index in [-0.39, 0.29) is 5.97 Å². The highest BCUT2D eigenvalue weighted by Crippen LogP contribution is 2.28. The summed E-state index contributed by atoms with van der Waals surface area (Å²) in [6.07, 6.45) is 6.10. The SMILES string of the molecule is C#CCNC(C(=O)OCC)c1ccc2c(c1)CCO2. The van der Waals surface area contributed by atoms with Gasteiger partial charge in [0, 0.05) is 6.42 Å². The minimum Gasteiger partial charge on any atom is -0.493 e. The molecule has 1 aliphatic rings. The first kappa shape index (κ1) is 13.4. The Morgan fingerprint density at radius 1 is 1.63 bits per heavy atom. The molecule has 4 nitrogen and oxygen atoms in total. The molecule has 0 bridgehead atoms. The van der Waals surface area contributed by atoms with E-state index >= 15 is 0 Å². The molecule has 1 heterocycles. The Kier molecular flexibility index (Phi) is 4.43. The lowest BCUT2D eigenvalue weighted by Crippen LogP contribution is -2.30. The lowest BCUT2D eigenvalue weighted by Gasteiger charge is -2.17. The van der Waals surface area contributed by atoms with Crippen LogP contribution in [0.4, 0.5) is 0 Å². The first-order valence-corrected chi connectivity index (χ1v) is 6.35. The van der Waals surface area contributed by atoms with E-state index in [4.69, 9.17) is 15.9 Å². The molecule has 1 aliphatic heterocycles. The second-order valence-electron chi connectivity index (χ2n) is 4.24. The Balaban J connectivity index is 2.22. The molecule has 0 spiro atoms. The topological polar surface area (TPSA) is 47.6 Å². The number of hydrogen-bond donors (Lipinski definition) is 1. The Morgan fingerprint density at radius 3 is 3.21 bits per heavy atom. The summed E-state index contributed by atoms with van der Waals surface area (Å²) >= 11 is 0. The fourth-order valence-corrected chi connectivity index (χ4v) is 2.11. The van der Waals surface area contributed by atoms with E-state index in [1.54, 1.807) is 6.92 Å². The fraction of sp³-hybridized carbons (Fsp3) is 0.400. The maximum atomic E-state index is 12.0. The van der Waals surface area contributed by atoms with Gasteiger partial charge in [-0.2, -0.15) is 0 Å². The molecule has 19 heavy (non-hydrogen) atoms. The molecule has 0 aromatic heterocycles. The summed E-state index contributed by atoms with van der Waals surface area (Å²) in [5.74, 6) is 3.06. The van der Waals surface area contributed by atoms with Crippen LogP contribution in [0.2, 0.25) is 0 Å². The molecule has 1 unspecified atom stereocenters. The molecule has 1 aromatic carbocycles. The van der Waals surface area contributed by atoms with Crippen molar-refractivity contribution in [3.8, 4) is 18.1 Å². The van der Waals surface area contributed by atoms with Crippen molar-refractivity contribution >= 4 is 5.97 Å². The average molecular weight is 259 g/mol. The smallest absolute Gasteiger partial charge is 0.327 e. The molecule has 0 aliphatic carbocycles. The first-order chi connectivity index (χ1) is 9.26. The van der Waals surface area contributed by atoms with Gasteiger partial charge in [0.05, 0.1) is 19.8 Å². The molecule has 100 valence electrons. The van der Waals surface area contributed by atoms with E-state index in [0.29, 0.717) is 19.8 Å². The lowest BCUT2D eigenvalue weighted by atomic mass is 10.0. The number of carbonyl (C=O) groups excluding carboxylic acids is 1. The third-order valence-electron chi connectivity index (χ3n) is 2.98. The molecule has 0 fully saturated rings. The number of carbonyl (C=O) groups is 1. The van der Waals surface area contributed by atoms with Crippen LogP contribution in [0, 0.1) is 12.3 Å². The lowest BCUT2D eigenvalue weighted by molar-refractivity contribution is -0.145. The van der Waals surface area contributed by atoms with E-state index in [1.165, 1.54) is 0 Å². The van der Waals surface area contributed by atoms with Crippen molar-refractivity contribution in [2.45, 2.75) is 19.4 Å². The maximum absolute atomic E-state index is 12.0. The first-order valence-electron chi connectivity index (χ1n) is 6.35. The van der Waals surface area contributed by atoms with Crippen LogP contribution in [0.3, 0.4) is 0 Å². The van der Waals surface area contributed by atoms with Gasteiger partial charge in [0.2, 0.25) is 0 Å². The van der Waals surface area contributed by atoms with Crippen molar-refractivity contribution in [2.24, 2.45) is 0 Å². The predicted molar refractivity (Wildman–Crippen MR) is 71.9 cm³/mol. The number of nitrogens with one attached hydrogen (secondary N) is 1. The quantitative estimate of drug-likeness (QED) is 0.642. The van der Waals surface area contributed by atoms with E-state index < -0.39 is 6.04 Å². The Hall–Kier alpha value is -1.99.